The third-order valence-corrected chi connectivity index (χ3v) is 11.6. The lowest BCUT2D eigenvalue weighted by molar-refractivity contribution is 0.0186. The largest absolute Gasteiger partial charge is 0.477 e. The van der Waals surface area contributed by atoms with Crippen LogP contribution in [0, 0.1) is 46.5 Å². The molecule has 2 amide bonds. The smallest absolute Gasteiger partial charge is 0.410 e. The molecule has 4 aromatic carbocycles. The first kappa shape index (κ1) is 52.2. The molecule has 0 unspecified atom stereocenters. The molecule has 2 saturated heterocycles. The van der Waals surface area contributed by atoms with Crippen molar-refractivity contribution in [3.05, 3.63) is 154 Å². The second kappa shape index (κ2) is 22.1. The van der Waals surface area contributed by atoms with Gasteiger partial charge in [-0.25, -0.2) is 44.7 Å². The summed E-state index contributed by atoms with van der Waals surface area (Å²) in [4.78, 5) is 37.0. The van der Waals surface area contributed by atoms with Crippen molar-refractivity contribution < 1.29 is 59.4 Å². The number of carbonyl (C=O) groups is 3. The van der Waals surface area contributed by atoms with Crippen molar-refractivity contribution in [2.24, 2.45) is 19.8 Å². The zero-order chi connectivity index (χ0) is 51.2. The van der Waals surface area contributed by atoms with Gasteiger partial charge in [-0.2, -0.15) is 10.2 Å². The molecule has 4 atom stereocenters. The zero-order valence-electron chi connectivity index (χ0n) is 38.6. The Hall–Kier alpha value is -7.13. The van der Waals surface area contributed by atoms with Crippen LogP contribution in [-0.4, -0.2) is 91.4 Å². The van der Waals surface area contributed by atoms with E-state index in [0.717, 1.165) is 42.5 Å². The Morgan fingerprint density at radius 3 is 1.60 bits per heavy atom. The summed E-state index contributed by atoms with van der Waals surface area (Å²) in [6, 6.07) is 13.8. The number of halogens is 8. The lowest BCUT2D eigenvalue weighted by Crippen LogP contribution is -2.50. The van der Waals surface area contributed by atoms with Crippen LogP contribution < -0.4 is 16.4 Å². The van der Waals surface area contributed by atoms with Crippen LogP contribution in [0.25, 0.3) is 22.5 Å². The topological polar surface area (TPSA) is 170 Å². The van der Waals surface area contributed by atoms with Gasteiger partial charge in [-0.1, -0.05) is 12.1 Å². The number of carbonyl (C=O) groups excluding carboxylic acids is 2. The van der Waals surface area contributed by atoms with Gasteiger partial charge < -0.3 is 31.1 Å². The third kappa shape index (κ3) is 12.5. The van der Waals surface area contributed by atoms with E-state index in [1.165, 1.54) is 33.9 Å². The SMILES string of the molecule is CC(C)(C)OC(=O)N1CC[C@@H](c2ccc(F)c(F)c2)[C@H](N)C1.Cn1nccc1-c1cc(F)c(C(=O)N[C@@H]2CNCC[C@H]2c2ccc(F)c(F)c2)c(F)c1.Cn1nccc1-c1cc(F)c(C(=O)O)c(F)c1. The summed E-state index contributed by atoms with van der Waals surface area (Å²) in [5, 5.41) is 22.2. The normalized spacial score (nSPS) is 17.9. The van der Waals surface area contributed by atoms with E-state index >= 15 is 0 Å². The average Bonchev–Trinajstić information content (AvgIpc) is 3.92. The number of aryl methyl sites for hydroxylation is 2. The highest BCUT2D eigenvalue weighted by molar-refractivity contribution is 5.95. The summed E-state index contributed by atoms with van der Waals surface area (Å²) in [5.41, 5.74) is 6.60. The minimum atomic E-state index is -1.63. The second-order valence-corrected chi connectivity index (χ2v) is 17.6. The Morgan fingerprint density at radius 1 is 0.686 bits per heavy atom. The molecule has 0 spiro atoms. The Morgan fingerprint density at radius 2 is 1.17 bits per heavy atom. The number of hydrogen-bond acceptors (Lipinski definition) is 8. The number of nitrogens with two attached hydrogens (primary N) is 1. The van der Waals surface area contributed by atoms with E-state index in [1.807, 2.05) is 0 Å². The summed E-state index contributed by atoms with van der Waals surface area (Å²) in [7, 11) is 3.26. The molecular weight excluding hydrogens is 933 g/mol. The van der Waals surface area contributed by atoms with E-state index < -0.39 is 87.3 Å². The van der Waals surface area contributed by atoms with Crippen LogP contribution in [0.1, 0.15) is 77.3 Å². The Labute approximate surface area is 397 Å². The van der Waals surface area contributed by atoms with Crippen LogP contribution in [-0.2, 0) is 18.8 Å². The van der Waals surface area contributed by atoms with Gasteiger partial charge in [0, 0.05) is 81.2 Å². The number of carboxylic acid groups (broad SMARTS) is 1. The quantitative estimate of drug-likeness (QED) is 0.115. The van der Waals surface area contributed by atoms with Crippen LogP contribution in [0.3, 0.4) is 0 Å². The van der Waals surface area contributed by atoms with E-state index in [9.17, 15) is 49.5 Å². The monoisotopic (exact) mass is 982 g/mol. The maximum atomic E-state index is 14.7. The molecule has 2 aromatic heterocycles. The van der Waals surface area contributed by atoms with Gasteiger partial charge in [0.2, 0.25) is 0 Å². The van der Waals surface area contributed by atoms with Crippen molar-refractivity contribution in [3.63, 3.8) is 0 Å². The van der Waals surface area contributed by atoms with E-state index in [4.69, 9.17) is 15.6 Å². The van der Waals surface area contributed by atoms with Crippen molar-refractivity contribution in [1.29, 1.82) is 0 Å². The van der Waals surface area contributed by atoms with Gasteiger partial charge in [0.1, 0.15) is 40.0 Å². The van der Waals surface area contributed by atoms with Gasteiger partial charge in [0.15, 0.2) is 23.3 Å². The maximum Gasteiger partial charge on any atom is 0.410 e. The highest BCUT2D eigenvalue weighted by atomic mass is 19.2. The van der Waals surface area contributed by atoms with Crippen LogP contribution in [0.4, 0.5) is 39.9 Å². The van der Waals surface area contributed by atoms with Gasteiger partial charge in [-0.15, -0.1) is 0 Å². The van der Waals surface area contributed by atoms with Crippen molar-refractivity contribution in [2.45, 2.75) is 63.1 Å². The Bertz CT molecular complexity index is 2820. The summed E-state index contributed by atoms with van der Waals surface area (Å²) in [6.45, 7) is 7.16. The van der Waals surface area contributed by atoms with Gasteiger partial charge in [0.25, 0.3) is 5.91 Å². The highest BCUT2D eigenvalue weighted by Gasteiger charge is 2.34. The number of nitrogens with one attached hydrogen (secondary N) is 2. The van der Waals surface area contributed by atoms with Gasteiger partial charge in [-0.05, 0) is 112 Å². The minimum Gasteiger partial charge on any atom is -0.477 e. The van der Waals surface area contributed by atoms with Gasteiger partial charge in [-0.3, -0.25) is 14.2 Å². The number of hydrogen-bond donors (Lipinski definition) is 4. The minimum absolute atomic E-state index is 0.103. The van der Waals surface area contributed by atoms with Crippen LogP contribution in [0.15, 0.2) is 85.2 Å². The number of nitrogens with zero attached hydrogens (tertiary/aromatic N) is 5. The molecule has 21 heteroatoms. The Kier molecular flexibility index (Phi) is 16.5. The summed E-state index contributed by atoms with van der Waals surface area (Å²) in [6.07, 6.45) is 3.72. The first-order valence-electron chi connectivity index (χ1n) is 21.9. The predicted octanol–water partition coefficient (Wildman–Crippen LogP) is 8.60. The van der Waals surface area contributed by atoms with E-state index in [2.05, 4.69) is 20.8 Å². The second-order valence-electron chi connectivity index (χ2n) is 17.6. The number of benzene rings is 4. The molecule has 0 bridgehead atoms. The van der Waals surface area contributed by atoms with Crippen LogP contribution in [0.2, 0.25) is 0 Å². The lowest BCUT2D eigenvalue weighted by atomic mass is 9.85. The fourth-order valence-electron chi connectivity index (χ4n) is 8.20. The number of likely N-dealkylation sites (tertiary alicyclic amines) is 1. The standard InChI is InChI=1S/C22H20F4N4O.C16H22F2N2O2.C11H8F2N2O2/c1-30-20(5-7-28-30)13-9-17(25)21(18(26)10-13)22(31)29-19-11-27-6-4-14(19)12-2-3-15(23)16(24)8-12;1-16(2,3)22-15(21)20-7-6-11(14(19)9-20)10-4-5-12(17)13(18)8-10;1-15-9(2-3-14-15)6-4-7(12)10(11(16)17)8(13)5-6/h2-3,5,7-10,14,19,27H,4,6,11H2,1H3,(H,29,31);4-5,8,11,14H,6-7,9,19H2,1-3H3;2-5H,1H3,(H,16,17)/t14-,19+;11-,14+;/m00./s1. The number of carboxylic acids is 1. The molecule has 0 aliphatic carbocycles. The molecule has 70 heavy (non-hydrogen) atoms. The lowest BCUT2D eigenvalue weighted by Gasteiger charge is -2.37. The molecule has 4 heterocycles. The van der Waals surface area contributed by atoms with Crippen molar-refractivity contribution in [1.82, 2.24) is 35.1 Å². The number of aromatic nitrogens is 4. The van der Waals surface area contributed by atoms with Crippen molar-refractivity contribution in [3.8, 4) is 22.5 Å². The summed E-state index contributed by atoms with van der Waals surface area (Å²) in [5.74, 6) is -10.9. The molecule has 0 radical (unpaired) electrons. The predicted molar refractivity (Wildman–Crippen MR) is 241 cm³/mol. The average molecular weight is 983 g/mol. The van der Waals surface area contributed by atoms with E-state index in [0.29, 0.717) is 61.5 Å². The molecule has 6 aromatic rings. The third-order valence-electron chi connectivity index (χ3n) is 11.6. The van der Waals surface area contributed by atoms with E-state index in [-0.39, 0.29) is 29.0 Å². The number of amides is 2. The number of aromatic carboxylic acids is 1. The number of piperidine rings is 2. The maximum absolute atomic E-state index is 14.7. The van der Waals surface area contributed by atoms with Crippen molar-refractivity contribution >= 4 is 18.0 Å². The zero-order valence-corrected chi connectivity index (χ0v) is 38.6. The molecular formula is C49H50F8N8O5. The fourth-order valence-corrected chi connectivity index (χ4v) is 8.20. The molecule has 8 rings (SSSR count). The van der Waals surface area contributed by atoms with Crippen LogP contribution >= 0.6 is 0 Å². The molecule has 0 saturated carbocycles. The van der Waals surface area contributed by atoms with Crippen molar-refractivity contribution in [2.75, 3.05) is 26.2 Å². The molecule has 5 N–H and O–H groups in total. The Balaban J connectivity index is 0.000000181. The molecule has 2 aliphatic rings. The summed E-state index contributed by atoms with van der Waals surface area (Å²) >= 11 is 0. The summed E-state index contributed by atoms with van der Waals surface area (Å²) < 4.78 is 118. The first-order chi connectivity index (χ1) is 33.0. The first-order valence-corrected chi connectivity index (χ1v) is 21.9. The van der Waals surface area contributed by atoms with Gasteiger partial charge >= 0.3 is 12.1 Å². The fraction of sp³-hybridized carbons (Fsp3) is 0.327. The number of rotatable bonds is 7. The molecule has 13 nitrogen and oxygen atoms in total. The van der Waals surface area contributed by atoms with E-state index in [1.54, 1.807) is 58.0 Å². The number of ether oxygens (including phenoxy) is 1. The highest BCUT2D eigenvalue weighted by Crippen LogP contribution is 2.31. The molecule has 2 aliphatic heterocycles. The molecule has 2 fully saturated rings. The van der Waals surface area contributed by atoms with Gasteiger partial charge in [0.05, 0.1) is 11.4 Å². The molecule has 372 valence electrons. The van der Waals surface area contributed by atoms with Crippen LogP contribution in [0.5, 0.6) is 0 Å².